The highest BCUT2D eigenvalue weighted by Crippen LogP contribution is 2.27. The molecule has 1 aromatic rings. The number of aryl methyl sites for hydroxylation is 1. The summed E-state index contributed by atoms with van der Waals surface area (Å²) in [6.07, 6.45) is 2.72. The average Bonchev–Trinajstić information content (AvgIpc) is 2.34. The summed E-state index contributed by atoms with van der Waals surface area (Å²) in [4.78, 5) is 10.4. The lowest BCUT2D eigenvalue weighted by Crippen LogP contribution is -2.15. The number of hydrogen-bond acceptors (Lipinski definition) is 3. The first-order valence-corrected chi connectivity index (χ1v) is 7.28. The predicted molar refractivity (Wildman–Crippen MR) is 66.9 cm³/mol. The van der Waals surface area contributed by atoms with Crippen molar-refractivity contribution in [2.75, 3.05) is 6.16 Å². The van der Waals surface area contributed by atoms with E-state index in [1.165, 1.54) is 5.56 Å². The van der Waals surface area contributed by atoms with Crippen molar-refractivity contribution in [1.82, 2.24) is 0 Å². The van der Waals surface area contributed by atoms with E-state index < -0.39 is 19.6 Å². The second-order valence-electron chi connectivity index (χ2n) is 3.90. The highest BCUT2D eigenvalue weighted by Gasteiger charge is 2.19. The Morgan fingerprint density at radius 2 is 1.88 bits per heavy atom. The second-order valence-corrected chi connectivity index (χ2v) is 5.88. The molecule has 2 atom stereocenters. The molecular weight excluding hydrogens is 239 g/mol. The van der Waals surface area contributed by atoms with Gasteiger partial charge in [-0.2, -0.15) is 0 Å². The van der Waals surface area contributed by atoms with Crippen molar-refractivity contribution in [2.24, 2.45) is 0 Å². The Balaban J connectivity index is 2.21. The highest BCUT2D eigenvalue weighted by molar-refractivity contribution is 7.46. The number of aliphatic hydroxyl groups is 1. The van der Waals surface area contributed by atoms with Gasteiger partial charge in [0.25, 0.3) is 0 Å². The van der Waals surface area contributed by atoms with E-state index in [0.29, 0.717) is 12.6 Å². The molecule has 0 bridgehead atoms. The molecule has 0 heterocycles. The van der Waals surface area contributed by atoms with E-state index in [4.69, 9.17) is 10.2 Å². The molecule has 0 aromatic heterocycles. The second kappa shape index (κ2) is 7.25. The zero-order valence-electron chi connectivity index (χ0n) is 9.50. The fraction of sp³-hybridized carbons (Fsp3) is 0.417. The van der Waals surface area contributed by atoms with Crippen LogP contribution in [0.2, 0.25) is 0 Å². The van der Waals surface area contributed by atoms with E-state index in [9.17, 15) is 9.36 Å². The van der Waals surface area contributed by atoms with Crippen molar-refractivity contribution in [3.8, 4) is 0 Å². The number of rotatable bonds is 7. The molecule has 0 saturated carbocycles. The van der Waals surface area contributed by atoms with Crippen LogP contribution in [0.25, 0.3) is 0 Å². The van der Waals surface area contributed by atoms with Gasteiger partial charge >= 0.3 is 5.97 Å². The Bertz CT molecular complexity index is 377. The summed E-state index contributed by atoms with van der Waals surface area (Å²) in [7, 11) is -2.41. The van der Waals surface area contributed by atoms with Gasteiger partial charge in [0.2, 0.25) is 5.85 Å². The maximum atomic E-state index is 11.4. The van der Waals surface area contributed by atoms with E-state index in [-0.39, 0.29) is 0 Å². The molecule has 1 rings (SSSR count). The fourth-order valence-corrected chi connectivity index (χ4v) is 2.69. The smallest absolute Gasteiger partial charge is 0.340 e. The SMILES string of the molecule is O=C(O)C(O)[PH](=O)CCCCc1ccccc1. The van der Waals surface area contributed by atoms with Gasteiger partial charge < -0.3 is 14.8 Å². The largest absolute Gasteiger partial charge is 0.479 e. The maximum Gasteiger partial charge on any atom is 0.340 e. The van der Waals surface area contributed by atoms with Crippen LogP contribution < -0.4 is 0 Å². The van der Waals surface area contributed by atoms with Crippen LogP contribution in [0.15, 0.2) is 30.3 Å². The molecule has 2 N–H and O–H groups in total. The molecule has 5 heteroatoms. The van der Waals surface area contributed by atoms with Gasteiger partial charge in [-0.1, -0.05) is 30.3 Å². The van der Waals surface area contributed by atoms with Crippen LogP contribution in [0.4, 0.5) is 0 Å². The molecule has 0 radical (unpaired) electrons. The van der Waals surface area contributed by atoms with Crippen LogP contribution >= 0.6 is 7.80 Å². The van der Waals surface area contributed by atoms with Gasteiger partial charge in [-0.3, -0.25) is 0 Å². The highest BCUT2D eigenvalue weighted by atomic mass is 31.1. The lowest BCUT2D eigenvalue weighted by Gasteiger charge is -2.05. The minimum absolute atomic E-state index is 0.297. The fourth-order valence-electron chi connectivity index (χ4n) is 1.55. The van der Waals surface area contributed by atoms with Gasteiger partial charge in [-0.25, -0.2) is 4.79 Å². The maximum absolute atomic E-state index is 11.4. The van der Waals surface area contributed by atoms with Crippen LogP contribution in [0, 0.1) is 0 Å². The number of carboxylic acids is 1. The van der Waals surface area contributed by atoms with Crippen LogP contribution in [0.5, 0.6) is 0 Å². The zero-order valence-corrected chi connectivity index (χ0v) is 10.5. The number of carboxylic acid groups (broad SMARTS) is 1. The summed E-state index contributed by atoms with van der Waals surface area (Å²) in [6.45, 7) is 0. The summed E-state index contributed by atoms with van der Waals surface area (Å²) in [5.74, 6) is -3.08. The van der Waals surface area contributed by atoms with Crippen molar-refractivity contribution in [1.29, 1.82) is 0 Å². The average molecular weight is 256 g/mol. The summed E-state index contributed by atoms with van der Waals surface area (Å²) < 4.78 is 11.4. The number of aliphatic carboxylic acids is 1. The van der Waals surface area contributed by atoms with Gasteiger partial charge in [0.1, 0.15) is 7.80 Å². The Kier molecular flexibility index (Phi) is 5.95. The minimum atomic E-state index is -2.41. The molecule has 4 nitrogen and oxygen atoms in total. The van der Waals surface area contributed by atoms with Crippen molar-refractivity contribution in [3.63, 3.8) is 0 Å². The van der Waals surface area contributed by atoms with E-state index in [1.54, 1.807) is 0 Å². The number of unbranched alkanes of at least 4 members (excludes halogenated alkanes) is 1. The minimum Gasteiger partial charge on any atom is -0.479 e. The molecule has 0 amide bonds. The van der Waals surface area contributed by atoms with E-state index in [2.05, 4.69) is 0 Å². The van der Waals surface area contributed by atoms with E-state index in [1.807, 2.05) is 30.3 Å². The van der Waals surface area contributed by atoms with E-state index >= 15 is 0 Å². The summed E-state index contributed by atoms with van der Waals surface area (Å²) in [5.41, 5.74) is 1.21. The Morgan fingerprint density at radius 1 is 1.24 bits per heavy atom. The third kappa shape index (κ3) is 5.16. The first-order valence-electron chi connectivity index (χ1n) is 5.59. The third-order valence-corrected chi connectivity index (χ3v) is 4.22. The van der Waals surface area contributed by atoms with Gasteiger partial charge in [0.15, 0.2) is 0 Å². The standard InChI is InChI=1S/C12H17O4P/c13-11(14)12(15)17(16)9-5-4-8-10-6-2-1-3-7-10/h1-3,6-7,12,15,17H,4-5,8-9H2,(H,13,14). The lowest BCUT2D eigenvalue weighted by molar-refractivity contribution is -0.142. The molecular formula is C12H17O4P. The third-order valence-electron chi connectivity index (χ3n) is 2.52. The molecule has 0 aliphatic carbocycles. The zero-order chi connectivity index (χ0) is 12.7. The summed E-state index contributed by atoms with van der Waals surface area (Å²) >= 11 is 0. The van der Waals surface area contributed by atoms with Crippen LogP contribution in [0.1, 0.15) is 18.4 Å². The topological polar surface area (TPSA) is 74.6 Å². The van der Waals surface area contributed by atoms with Gasteiger partial charge in [-0.05, 0) is 24.8 Å². The van der Waals surface area contributed by atoms with Crippen molar-refractivity contribution in [2.45, 2.75) is 25.1 Å². The Hall–Kier alpha value is -1.12. The predicted octanol–water partition coefficient (Wildman–Crippen LogP) is 1.97. The van der Waals surface area contributed by atoms with Crippen LogP contribution in [0.3, 0.4) is 0 Å². The molecule has 0 saturated heterocycles. The molecule has 0 spiro atoms. The molecule has 1 aromatic carbocycles. The van der Waals surface area contributed by atoms with Gasteiger partial charge in [-0.15, -0.1) is 0 Å². The number of carbonyl (C=O) groups is 1. The monoisotopic (exact) mass is 256 g/mol. The van der Waals surface area contributed by atoms with Crippen molar-refractivity contribution in [3.05, 3.63) is 35.9 Å². The molecule has 0 aliphatic heterocycles. The first-order chi connectivity index (χ1) is 8.11. The number of hydrogen-bond donors (Lipinski definition) is 2. The van der Waals surface area contributed by atoms with Crippen molar-refractivity contribution < 1.29 is 19.6 Å². The molecule has 17 heavy (non-hydrogen) atoms. The van der Waals surface area contributed by atoms with E-state index in [0.717, 1.165) is 12.8 Å². The van der Waals surface area contributed by atoms with Crippen LogP contribution in [-0.4, -0.2) is 28.2 Å². The summed E-state index contributed by atoms with van der Waals surface area (Å²) in [5, 5.41) is 17.5. The van der Waals surface area contributed by atoms with Crippen molar-refractivity contribution >= 4 is 13.8 Å². The molecule has 2 unspecified atom stereocenters. The van der Waals surface area contributed by atoms with Gasteiger partial charge in [0.05, 0.1) is 0 Å². The molecule has 0 fully saturated rings. The first kappa shape index (κ1) is 13.9. The lowest BCUT2D eigenvalue weighted by atomic mass is 10.1. The molecule has 94 valence electrons. The Labute approximate surface area is 101 Å². The quantitative estimate of drug-likeness (QED) is 0.577. The molecule has 0 aliphatic rings. The Morgan fingerprint density at radius 3 is 2.47 bits per heavy atom. The normalized spacial score (nSPS) is 14.2. The van der Waals surface area contributed by atoms with Crippen LogP contribution in [-0.2, 0) is 15.8 Å². The number of benzene rings is 1. The number of aliphatic hydroxyl groups excluding tert-OH is 1. The summed E-state index contributed by atoms with van der Waals surface area (Å²) in [6, 6.07) is 9.93. The van der Waals surface area contributed by atoms with Gasteiger partial charge in [0, 0.05) is 6.16 Å².